The lowest BCUT2D eigenvalue weighted by molar-refractivity contribution is 0.0713. The number of likely N-dealkylation sites (tertiary alicyclic amines) is 1. The SMILES string of the molecule is CCCn1cc(S(N)(=O)=O)cc1C(=O)N1CCCCC1. The molecule has 6 nitrogen and oxygen atoms in total. The van der Waals surface area contributed by atoms with Crippen molar-refractivity contribution in [2.24, 2.45) is 5.14 Å². The Morgan fingerprint density at radius 1 is 1.30 bits per heavy atom. The number of nitrogens with zero attached hydrogens (tertiary/aromatic N) is 2. The third-order valence-corrected chi connectivity index (χ3v) is 4.41. The van der Waals surface area contributed by atoms with Crippen LogP contribution in [0, 0.1) is 0 Å². The van der Waals surface area contributed by atoms with Crippen LogP contribution in [0.1, 0.15) is 43.1 Å². The molecule has 0 aromatic carbocycles. The first-order valence-electron chi connectivity index (χ1n) is 6.95. The van der Waals surface area contributed by atoms with Crippen LogP contribution in [0.5, 0.6) is 0 Å². The molecule has 0 bridgehead atoms. The fourth-order valence-electron chi connectivity index (χ4n) is 2.50. The minimum atomic E-state index is -3.78. The van der Waals surface area contributed by atoms with E-state index in [1.807, 2.05) is 6.92 Å². The van der Waals surface area contributed by atoms with E-state index in [2.05, 4.69) is 0 Å². The highest BCUT2D eigenvalue weighted by atomic mass is 32.2. The standard InChI is InChI=1S/C13H21N3O3S/c1-2-6-16-10-11(20(14,18)19)9-12(16)13(17)15-7-4-3-5-8-15/h9-10H,2-8H2,1H3,(H2,14,18,19). The van der Waals surface area contributed by atoms with E-state index in [1.165, 1.54) is 12.3 Å². The van der Waals surface area contributed by atoms with Gasteiger partial charge in [0.15, 0.2) is 0 Å². The minimum Gasteiger partial charge on any atom is -0.342 e. The number of carbonyl (C=O) groups is 1. The summed E-state index contributed by atoms with van der Waals surface area (Å²) in [6.45, 7) is 4.05. The predicted molar refractivity (Wildman–Crippen MR) is 75.9 cm³/mol. The molecule has 20 heavy (non-hydrogen) atoms. The number of sulfonamides is 1. The van der Waals surface area contributed by atoms with Gasteiger partial charge >= 0.3 is 0 Å². The van der Waals surface area contributed by atoms with E-state index < -0.39 is 10.0 Å². The number of hydrogen-bond acceptors (Lipinski definition) is 3. The van der Waals surface area contributed by atoms with E-state index in [4.69, 9.17) is 5.14 Å². The van der Waals surface area contributed by atoms with Gasteiger partial charge in [0.2, 0.25) is 10.0 Å². The third kappa shape index (κ3) is 3.21. The predicted octanol–water partition coefficient (Wildman–Crippen LogP) is 1.17. The van der Waals surface area contributed by atoms with Gasteiger partial charge in [0.05, 0.1) is 0 Å². The van der Waals surface area contributed by atoms with Crippen LogP contribution in [0.4, 0.5) is 0 Å². The summed E-state index contributed by atoms with van der Waals surface area (Å²) in [4.78, 5) is 14.3. The molecule has 7 heteroatoms. The molecule has 2 heterocycles. The Bertz CT molecular complexity index is 586. The van der Waals surface area contributed by atoms with E-state index in [1.54, 1.807) is 9.47 Å². The lowest BCUT2D eigenvalue weighted by Gasteiger charge is -2.27. The molecule has 0 saturated carbocycles. The van der Waals surface area contributed by atoms with Gasteiger partial charge in [-0.1, -0.05) is 6.92 Å². The van der Waals surface area contributed by atoms with Gasteiger partial charge in [-0.05, 0) is 31.7 Å². The number of nitrogens with two attached hydrogens (primary N) is 1. The number of rotatable bonds is 4. The zero-order chi connectivity index (χ0) is 14.8. The number of primary sulfonamides is 1. The Morgan fingerprint density at radius 3 is 2.50 bits per heavy atom. The molecule has 1 aromatic heterocycles. The van der Waals surface area contributed by atoms with Crippen LogP contribution in [0.25, 0.3) is 0 Å². The van der Waals surface area contributed by atoms with E-state index in [9.17, 15) is 13.2 Å². The highest BCUT2D eigenvalue weighted by Crippen LogP contribution is 2.18. The lowest BCUT2D eigenvalue weighted by atomic mass is 10.1. The maximum Gasteiger partial charge on any atom is 0.270 e. The van der Waals surface area contributed by atoms with Gasteiger partial charge in [0.1, 0.15) is 10.6 Å². The molecule has 2 N–H and O–H groups in total. The second-order valence-electron chi connectivity index (χ2n) is 5.15. The summed E-state index contributed by atoms with van der Waals surface area (Å²) in [5.74, 6) is -0.104. The molecule has 112 valence electrons. The summed E-state index contributed by atoms with van der Waals surface area (Å²) in [7, 11) is -3.78. The van der Waals surface area contributed by atoms with E-state index in [-0.39, 0.29) is 10.8 Å². The minimum absolute atomic E-state index is 0.00584. The monoisotopic (exact) mass is 299 g/mol. The van der Waals surface area contributed by atoms with Gasteiger partial charge in [0, 0.05) is 25.8 Å². The van der Waals surface area contributed by atoms with Crippen LogP contribution in [0.15, 0.2) is 17.2 Å². The number of amides is 1. The van der Waals surface area contributed by atoms with Crippen LogP contribution in [0.2, 0.25) is 0 Å². The molecule has 1 saturated heterocycles. The van der Waals surface area contributed by atoms with Crippen LogP contribution in [0.3, 0.4) is 0 Å². The number of hydrogen-bond donors (Lipinski definition) is 1. The first kappa shape index (κ1) is 15.1. The molecule has 2 rings (SSSR count). The van der Waals surface area contributed by atoms with Crippen LogP contribution >= 0.6 is 0 Å². The average molecular weight is 299 g/mol. The van der Waals surface area contributed by atoms with Crippen molar-refractivity contribution in [3.63, 3.8) is 0 Å². The van der Waals surface area contributed by atoms with Crippen molar-refractivity contribution in [2.45, 2.75) is 44.0 Å². The summed E-state index contributed by atoms with van der Waals surface area (Å²) in [6.07, 6.45) is 5.42. The van der Waals surface area contributed by atoms with E-state index in [0.717, 1.165) is 38.8 Å². The maximum absolute atomic E-state index is 12.5. The summed E-state index contributed by atoms with van der Waals surface area (Å²) in [5, 5.41) is 5.15. The van der Waals surface area contributed by atoms with Gasteiger partial charge < -0.3 is 9.47 Å². The molecule has 0 radical (unpaired) electrons. The molecule has 1 aliphatic rings. The van der Waals surface area contributed by atoms with Crippen molar-refractivity contribution in [1.29, 1.82) is 0 Å². The fraction of sp³-hybridized carbons (Fsp3) is 0.615. The maximum atomic E-state index is 12.5. The Labute approximate surface area is 119 Å². The van der Waals surface area contributed by atoms with E-state index in [0.29, 0.717) is 12.2 Å². The second-order valence-corrected chi connectivity index (χ2v) is 6.71. The normalized spacial score (nSPS) is 16.4. The number of aryl methyl sites for hydroxylation is 1. The van der Waals surface area contributed by atoms with Crippen LogP contribution in [-0.2, 0) is 16.6 Å². The lowest BCUT2D eigenvalue weighted by Crippen LogP contribution is -2.36. The molecule has 1 aliphatic heterocycles. The quantitative estimate of drug-likeness (QED) is 0.905. The van der Waals surface area contributed by atoms with Crippen LogP contribution < -0.4 is 5.14 Å². The Morgan fingerprint density at radius 2 is 1.95 bits per heavy atom. The third-order valence-electron chi connectivity index (χ3n) is 3.53. The van der Waals surface area contributed by atoms with Crippen molar-refractivity contribution >= 4 is 15.9 Å². The number of piperidine rings is 1. The smallest absolute Gasteiger partial charge is 0.270 e. The molecule has 1 fully saturated rings. The molecular weight excluding hydrogens is 278 g/mol. The molecule has 0 spiro atoms. The van der Waals surface area contributed by atoms with Crippen molar-refractivity contribution < 1.29 is 13.2 Å². The Balaban J connectivity index is 2.33. The van der Waals surface area contributed by atoms with Crippen LogP contribution in [-0.4, -0.2) is 36.9 Å². The van der Waals surface area contributed by atoms with Gasteiger partial charge in [-0.3, -0.25) is 4.79 Å². The summed E-state index contributed by atoms with van der Waals surface area (Å²) < 4.78 is 24.6. The van der Waals surface area contributed by atoms with Gasteiger partial charge in [-0.15, -0.1) is 0 Å². The highest BCUT2D eigenvalue weighted by molar-refractivity contribution is 7.89. The fourth-order valence-corrected chi connectivity index (χ4v) is 3.05. The largest absolute Gasteiger partial charge is 0.342 e. The summed E-state index contributed by atoms with van der Waals surface area (Å²) in [6, 6.07) is 1.39. The van der Waals surface area contributed by atoms with Gasteiger partial charge in [0.25, 0.3) is 5.91 Å². The topological polar surface area (TPSA) is 85.4 Å². The molecule has 0 atom stereocenters. The zero-order valence-electron chi connectivity index (χ0n) is 11.7. The Hall–Kier alpha value is -1.34. The first-order chi connectivity index (χ1) is 9.43. The van der Waals surface area contributed by atoms with Crippen molar-refractivity contribution in [3.8, 4) is 0 Å². The molecule has 1 aromatic rings. The summed E-state index contributed by atoms with van der Waals surface area (Å²) in [5.41, 5.74) is 0.415. The van der Waals surface area contributed by atoms with Crippen molar-refractivity contribution in [1.82, 2.24) is 9.47 Å². The highest BCUT2D eigenvalue weighted by Gasteiger charge is 2.24. The number of carbonyl (C=O) groups excluding carboxylic acids is 1. The summed E-state index contributed by atoms with van der Waals surface area (Å²) >= 11 is 0. The molecule has 0 aliphatic carbocycles. The average Bonchev–Trinajstić information content (AvgIpc) is 2.83. The zero-order valence-corrected chi connectivity index (χ0v) is 12.5. The molecule has 0 unspecified atom stereocenters. The van der Waals surface area contributed by atoms with Crippen molar-refractivity contribution in [2.75, 3.05) is 13.1 Å². The molecule has 1 amide bonds. The van der Waals surface area contributed by atoms with Crippen molar-refractivity contribution in [3.05, 3.63) is 18.0 Å². The molecular formula is C13H21N3O3S. The number of aromatic nitrogens is 1. The van der Waals surface area contributed by atoms with Gasteiger partial charge in [-0.2, -0.15) is 0 Å². The van der Waals surface area contributed by atoms with E-state index >= 15 is 0 Å². The van der Waals surface area contributed by atoms with Gasteiger partial charge in [-0.25, -0.2) is 13.6 Å². The Kier molecular flexibility index (Phi) is 4.49. The second kappa shape index (κ2) is 5.97. The first-order valence-corrected chi connectivity index (χ1v) is 8.50.